The number of amides is 1. The van der Waals surface area contributed by atoms with Crippen molar-refractivity contribution in [1.29, 1.82) is 0 Å². The van der Waals surface area contributed by atoms with E-state index in [4.69, 9.17) is 35.3 Å². The predicted molar refractivity (Wildman–Crippen MR) is 103 cm³/mol. The van der Waals surface area contributed by atoms with Crippen molar-refractivity contribution in [2.45, 2.75) is 0 Å². The Morgan fingerprint density at radius 2 is 1.64 bits per heavy atom. The van der Waals surface area contributed by atoms with Gasteiger partial charge >= 0.3 is 5.97 Å². The summed E-state index contributed by atoms with van der Waals surface area (Å²) in [4.78, 5) is 24.3. The second-order valence-corrected chi connectivity index (χ2v) is 5.79. The Morgan fingerprint density at radius 1 is 0.929 bits per heavy atom. The van der Waals surface area contributed by atoms with E-state index in [1.165, 1.54) is 40.6 Å². The van der Waals surface area contributed by atoms with Gasteiger partial charge in [-0.05, 0) is 24.3 Å². The van der Waals surface area contributed by atoms with E-state index in [0.717, 1.165) is 0 Å². The number of carbonyl (C=O) groups is 2. The molecule has 2 rings (SSSR count). The minimum atomic E-state index is -0.736. The molecular formula is C19H20ClNO7. The summed E-state index contributed by atoms with van der Waals surface area (Å²) >= 11 is 6.07. The third-order valence-electron chi connectivity index (χ3n) is 3.69. The van der Waals surface area contributed by atoms with Crippen molar-refractivity contribution in [3.63, 3.8) is 0 Å². The molecule has 0 aliphatic rings. The van der Waals surface area contributed by atoms with Crippen LogP contribution in [0.1, 0.15) is 10.4 Å². The molecule has 2 aromatic carbocycles. The first kappa shape index (κ1) is 21.2. The molecule has 0 saturated carbocycles. The first-order valence-electron chi connectivity index (χ1n) is 8.04. The van der Waals surface area contributed by atoms with Gasteiger partial charge in [-0.3, -0.25) is 4.79 Å². The molecule has 28 heavy (non-hydrogen) atoms. The number of methoxy groups -OCH3 is 4. The molecule has 2 aromatic rings. The summed E-state index contributed by atoms with van der Waals surface area (Å²) in [6.45, 7) is -0.500. The van der Waals surface area contributed by atoms with Crippen molar-refractivity contribution in [3.05, 3.63) is 40.9 Å². The van der Waals surface area contributed by atoms with Gasteiger partial charge in [0.2, 0.25) is 0 Å². The molecule has 0 unspecified atom stereocenters. The number of nitrogens with one attached hydrogen (secondary N) is 1. The van der Waals surface area contributed by atoms with Crippen LogP contribution in [0.25, 0.3) is 0 Å². The van der Waals surface area contributed by atoms with Crippen LogP contribution in [0.5, 0.6) is 23.0 Å². The molecule has 1 N–H and O–H groups in total. The molecule has 0 fully saturated rings. The van der Waals surface area contributed by atoms with Crippen molar-refractivity contribution in [2.75, 3.05) is 40.4 Å². The number of hydrogen-bond donors (Lipinski definition) is 1. The topological polar surface area (TPSA) is 92.3 Å². The minimum Gasteiger partial charge on any atom is -0.497 e. The van der Waals surface area contributed by atoms with Gasteiger partial charge in [-0.25, -0.2) is 4.79 Å². The molecule has 0 radical (unpaired) electrons. The lowest BCUT2D eigenvalue weighted by atomic mass is 10.2. The molecule has 150 valence electrons. The van der Waals surface area contributed by atoms with E-state index in [9.17, 15) is 9.59 Å². The fourth-order valence-corrected chi connectivity index (χ4v) is 2.63. The van der Waals surface area contributed by atoms with Crippen LogP contribution in [0.4, 0.5) is 5.69 Å². The smallest absolute Gasteiger partial charge is 0.338 e. The summed E-state index contributed by atoms with van der Waals surface area (Å²) in [6.07, 6.45) is 0. The van der Waals surface area contributed by atoms with Crippen LogP contribution in [0.15, 0.2) is 30.3 Å². The molecule has 8 nitrogen and oxygen atoms in total. The van der Waals surface area contributed by atoms with E-state index in [1.807, 2.05) is 0 Å². The molecule has 0 bridgehead atoms. The summed E-state index contributed by atoms with van der Waals surface area (Å²) in [5.74, 6) is 0.278. The SMILES string of the molecule is COc1ccc(NC(=O)COC(=O)c2cc(Cl)c(OC)c(OC)c2)c(OC)c1. The Bertz CT molecular complexity index is 870. The van der Waals surface area contributed by atoms with Crippen molar-refractivity contribution in [1.82, 2.24) is 0 Å². The highest BCUT2D eigenvalue weighted by atomic mass is 35.5. The van der Waals surface area contributed by atoms with Gasteiger partial charge in [-0.1, -0.05) is 11.6 Å². The average Bonchev–Trinajstić information content (AvgIpc) is 2.71. The lowest BCUT2D eigenvalue weighted by Gasteiger charge is -2.13. The molecule has 1 amide bonds. The summed E-state index contributed by atoms with van der Waals surface area (Å²) in [6, 6.07) is 7.68. The van der Waals surface area contributed by atoms with Gasteiger partial charge in [0.25, 0.3) is 5.91 Å². The van der Waals surface area contributed by atoms with Crippen LogP contribution < -0.4 is 24.3 Å². The quantitative estimate of drug-likeness (QED) is 0.669. The monoisotopic (exact) mass is 409 g/mol. The van der Waals surface area contributed by atoms with Gasteiger partial charge in [0.15, 0.2) is 18.1 Å². The number of carbonyl (C=O) groups excluding carboxylic acids is 2. The van der Waals surface area contributed by atoms with Gasteiger partial charge in [0.05, 0.1) is 44.7 Å². The van der Waals surface area contributed by atoms with E-state index in [0.29, 0.717) is 22.9 Å². The zero-order chi connectivity index (χ0) is 20.7. The first-order valence-corrected chi connectivity index (χ1v) is 8.41. The molecule has 0 spiro atoms. The summed E-state index contributed by atoms with van der Waals surface area (Å²) in [5.41, 5.74) is 0.538. The zero-order valence-corrected chi connectivity index (χ0v) is 16.6. The van der Waals surface area contributed by atoms with Gasteiger partial charge in [0.1, 0.15) is 11.5 Å². The molecule has 0 aromatic heterocycles. The number of esters is 1. The van der Waals surface area contributed by atoms with Crippen molar-refractivity contribution < 1.29 is 33.3 Å². The third kappa shape index (κ3) is 4.98. The standard InChI is InChI=1S/C19H20ClNO7/c1-24-12-5-6-14(15(9-12)25-2)21-17(22)10-28-19(23)11-7-13(20)18(27-4)16(8-11)26-3/h5-9H,10H2,1-4H3,(H,21,22). The maximum absolute atomic E-state index is 12.2. The summed E-state index contributed by atoms with van der Waals surface area (Å²) in [5, 5.41) is 2.79. The second-order valence-electron chi connectivity index (χ2n) is 5.38. The maximum atomic E-state index is 12.2. The minimum absolute atomic E-state index is 0.123. The fraction of sp³-hybridized carbons (Fsp3) is 0.263. The second kappa shape index (κ2) is 9.70. The van der Waals surface area contributed by atoms with Crippen LogP contribution in [0.2, 0.25) is 5.02 Å². The molecule has 0 heterocycles. The van der Waals surface area contributed by atoms with E-state index < -0.39 is 18.5 Å². The molecule has 0 aliphatic heterocycles. The Hall–Kier alpha value is -3.13. The lowest BCUT2D eigenvalue weighted by Crippen LogP contribution is -2.21. The van der Waals surface area contributed by atoms with E-state index >= 15 is 0 Å². The van der Waals surface area contributed by atoms with Gasteiger partial charge in [0, 0.05) is 6.07 Å². The van der Waals surface area contributed by atoms with Crippen molar-refractivity contribution in [3.8, 4) is 23.0 Å². The van der Waals surface area contributed by atoms with Crippen LogP contribution in [0, 0.1) is 0 Å². The average molecular weight is 410 g/mol. The third-order valence-corrected chi connectivity index (χ3v) is 3.97. The Balaban J connectivity index is 2.03. The fourth-order valence-electron chi connectivity index (χ4n) is 2.34. The van der Waals surface area contributed by atoms with Gasteiger partial charge < -0.3 is 29.0 Å². The normalized spacial score (nSPS) is 10.0. The largest absolute Gasteiger partial charge is 0.497 e. The summed E-state index contributed by atoms with van der Waals surface area (Å²) in [7, 11) is 5.83. The van der Waals surface area contributed by atoms with E-state index in [1.54, 1.807) is 18.2 Å². The highest BCUT2D eigenvalue weighted by Gasteiger charge is 2.17. The first-order chi connectivity index (χ1) is 13.4. The Labute approximate surface area is 167 Å². The number of benzene rings is 2. The van der Waals surface area contributed by atoms with Crippen LogP contribution in [0.3, 0.4) is 0 Å². The van der Waals surface area contributed by atoms with Crippen LogP contribution in [-0.4, -0.2) is 46.9 Å². The van der Waals surface area contributed by atoms with Crippen molar-refractivity contribution in [2.24, 2.45) is 0 Å². The number of ether oxygens (including phenoxy) is 5. The lowest BCUT2D eigenvalue weighted by molar-refractivity contribution is -0.119. The van der Waals surface area contributed by atoms with Crippen LogP contribution >= 0.6 is 11.6 Å². The molecule has 0 saturated heterocycles. The zero-order valence-electron chi connectivity index (χ0n) is 15.8. The van der Waals surface area contributed by atoms with E-state index in [2.05, 4.69) is 5.32 Å². The number of rotatable bonds is 8. The summed E-state index contributed by atoms with van der Waals surface area (Å²) < 4.78 is 25.6. The van der Waals surface area contributed by atoms with Gasteiger partial charge in [-0.2, -0.15) is 0 Å². The molecular weight excluding hydrogens is 390 g/mol. The Kier molecular flexibility index (Phi) is 7.34. The molecule has 0 aliphatic carbocycles. The van der Waals surface area contributed by atoms with Gasteiger partial charge in [-0.15, -0.1) is 0 Å². The Morgan fingerprint density at radius 3 is 2.25 bits per heavy atom. The molecule has 0 atom stereocenters. The van der Waals surface area contributed by atoms with E-state index in [-0.39, 0.29) is 16.3 Å². The highest BCUT2D eigenvalue weighted by Crippen LogP contribution is 2.36. The molecule has 9 heteroatoms. The van der Waals surface area contributed by atoms with Crippen molar-refractivity contribution >= 4 is 29.2 Å². The van der Waals surface area contributed by atoms with Crippen LogP contribution in [-0.2, 0) is 9.53 Å². The number of halogens is 1. The highest BCUT2D eigenvalue weighted by molar-refractivity contribution is 6.32. The predicted octanol–water partition coefficient (Wildman–Crippen LogP) is 3.17. The number of hydrogen-bond acceptors (Lipinski definition) is 7. The number of anilines is 1. The maximum Gasteiger partial charge on any atom is 0.338 e.